The van der Waals surface area contributed by atoms with E-state index in [1.165, 1.54) is 31.7 Å². The minimum absolute atomic E-state index is 0.251. The molecule has 22 heavy (non-hydrogen) atoms. The summed E-state index contributed by atoms with van der Waals surface area (Å²) in [6, 6.07) is 5.48. The van der Waals surface area contributed by atoms with Crippen molar-refractivity contribution < 1.29 is 14.2 Å². The van der Waals surface area contributed by atoms with E-state index in [1.807, 2.05) is 0 Å². The number of aliphatic hydroxyl groups is 1. The lowest BCUT2D eigenvalue weighted by Gasteiger charge is -2.54. The Labute approximate surface area is 131 Å². The summed E-state index contributed by atoms with van der Waals surface area (Å²) in [4.78, 5) is 0. The highest BCUT2D eigenvalue weighted by molar-refractivity contribution is 5.25. The van der Waals surface area contributed by atoms with E-state index in [-0.39, 0.29) is 12.4 Å². The van der Waals surface area contributed by atoms with Crippen LogP contribution in [0.3, 0.4) is 0 Å². The van der Waals surface area contributed by atoms with E-state index >= 15 is 0 Å². The van der Waals surface area contributed by atoms with Crippen molar-refractivity contribution in [2.45, 2.75) is 64.3 Å². The van der Waals surface area contributed by atoms with Gasteiger partial charge in [0.05, 0.1) is 12.7 Å². The standard InChI is InChI=1S/C18H26FNO2/c1-2-22-17-10-16(18(17)7-3-4-8-18)20-11-13-5-6-15(19)14(9-13)12-21/h5-6,9,16-17,20-21H,2-4,7-8,10-12H2,1H3. The molecule has 2 fully saturated rings. The van der Waals surface area contributed by atoms with Gasteiger partial charge in [-0.3, -0.25) is 0 Å². The zero-order valence-electron chi connectivity index (χ0n) is 13.3. The molecule has 0 amide bonds. The number of rotatable bonds is 6. The predicted octanol–water partition coefficient (Wildman–Crippen LogP) is 3.15. The van der Waals surface area contributed by atoms with Crippen molar-refractivity contribution in [2.24, 2.45) is 5.41 Å². The first kappa shape index (κ1) is 15.9. The zero-order valence-corrected chi connectivity index (χ0v) is 13.3. The Morgan fingerprint density at radius 1 is 1.36 bits per heavy atom. The fourth-order valence-corrected chi connectivity index (χ4v) is 4.27. The summed E-state index contributed by atoms with van der Waals surface area (Å²) >= 11 is 0. The van der Waals surface area contributed by atoms with Crippen LogP contribution >= 0.6 is 0 Å². The van der Waals surface area contributed by atoms with Crippen molar-refractivity contribution in [3.05, 3.63) is 35.1 Å². The molecule has 0 bridgehead atoms. The zero-order chi connectivity index (χ0) is 15.6. The summed E-state index contributed by atoms with van der Waals surface area (Å²) in [6.07, 6.45) is 6.57. The van der Waals surface area contributed by atoms with Gasteiger partial charge in [0, 0.05) is 30.2 Å². The van der Waals surface area contributed by atoms with Crippen LogP contribution in [0.2, 0.25) is 0 Å². The number of ether oxygens (including phenoxy) is 1. The van der Waals surface area contributed by atoms with Crippen LogP contribution in [0, 0.1) is 11.2 Å². The third-order valence-electron chi connectivity index (χ3n) is 5.52. The molecule has 3 rings (SSSR count). The van der Waals surface area contributed by atoms with Crippen LogP contribution in [0.1, 0.15) is 50.2 Å². The molecule has 0 heterocycles. The molecule has 1 spiro atoms. The fraction of sp³-hybridized carbons (Fsp3) is 0.667. The second-order valence-corrected chi connectivity index (χ2v) is 6.64. The molecule has 122 valence electrons. The predicted molar refractivity (Wildman–Crippen MR) is 83.9 cm³/mol. The highest BCUT2D eigenvalue weighted by atomic mass is 19.1. The Bertz CT molecular complexity index is 514. The third-order valence-corrected chi connectivity index (χ3v) is 5.52. The Hall–Kier alpha value is -0.970. The molecular formula is C18H26FNO2. The SMILES string of the molecule is CCOC1CC(NCc2ccc(F)c(CO)c2)C12CCCC2. The monoisotopic (exact) mass is 307 g/mol. The fourth-order valence-electron chi connectivity index (χ4n) is 4.27. The quantitative estimate of drug-likeness (QED) is 0.848. The van der Waals surface area contributed by atoms with E-state index in [1.54, 1.807) is 12.1 Å². The lowest BCUT2D eigenvalue weighted by molar-refractivity contribution is -0.130. The van der Waals surface area contributed by atoms with Crippen LogP contribution in [0.25, 0.3) is 0 Å². The molecule has 2 saturated carbocycles. The molecule has 2 unspecified atom stereocenters. The maximum absolute atomic E-state index is 13.4. The van der Waals surface area contributed by atoms with Crippen LogP contribution in [0.4, 0.5) is 4.39 Å². The Kier molecular flexibility index (Phi) is 4.81. The van der Waals surface area contributed by atoms with Crippen LogP contribution in [0.15, 0.2) is 18.2 Å². The first-order valence-corrected chi connectivity index (χ1v) is 8.43. The highest BCUT2D eigenvalue weighted by Gasteiger charge is 2.56. The van der Waals surface area contributed by atoms with Crippen molar-refractivity contribution in [1.82, 2.24) is 5.32 Å². The van der Waals surface area contributed by atoms with E-state index in [0.717, 1.165) is 25.1 Å². The molecule has 3 nitrogen and oxygen atoms in total. The summed E-state index contributed by atoms with van der Waals surface area (Å²) in [5.41, 5.74) is 1.71. The smallest absolute Gasteiger partial charge is 0.128 e. The van der Waals surface area contributed by atoms with Crippen molar-refractivity contribution in [1.29, 1.82) is 0 Å². The van der Waals surface area contributed by atoms with Gasteiger partial charge in [0.1, 0.15) is 5.82 Å². The molecule has 0 radical (unpaired) electrons. The minimum Gasteiger partial charge on any atom is -0.392 e. The lowest BCUT2D eigenvalue weighted by Crippen LogP contribution is -2.62. The number of hydrogen-bond donors (Lipinski definition) is 2. The van der Waals surface area contributed by atoms with Crippen LogP contribution < -0.4 is 5.32 Å². The summed E-state index contributed by atoms with van der Waals surface area (Å²) in [7, 11) is 0. The summed E-state index contributed by atoms with van der Waals surface area (Å²) in [5.74, 6) is -0.335. The van der Waals surface area contributed by atoms with E-state index < -0.39 is 0 Å². The normalized spacial score (nSPS) is 26.3. The number of benzene rings is 1. The van der Waals surface area contributed by atoms with Gasteiger partial charge in [-0.15, -0.1) is 0 Å². The molecule has 2 N–H and O–H groups in total. The third kappa shape index (κ3) is 2.80. The number of aliphatic hydroxyl groups excluding tert-OH is 1. The van der Waals surface area contributed by atoms with Crippen molar-refractivity contribution in [3.8, 4) is 0 Å². The van der Waals surface area contributed by atoms with Crippen LogP contribution in [-0.2, 0) is 17.9 Å². The van der Waals surface area contributed by atoms with Gasteiger partial charge in [-0.25, -0.2) is 4.39 Å². The molecule has 0 saturated heterocycles. The molecular weight excluding hydrogens is 281 g/mol. The first-order valence-electron chi connectivity index (χ1n) is 8.43. The highest BCUT2D eigenvalue weighted by Crippen LogP contribution is 2.54. The van der Waals surface area contributed by atoms with Crippen molar-refractivity contribution in [2.75, 3.05) is 6.61 Å². The van der Waals surface area contributed by atoms with Crippen molar-refractivity contribution in [3.63, 3.8) is 0 Å². The van der Waals surface area contributed by atoms with Gasteiger partial charge >= 0.3 is 0 Å². The van der Waals surface area contributed by atoms with E-state index in [9.17, 15) is 4.39 Å². The molecule has 1 aromatic carbocycles. The topological polar surface area (TPSA) is 41.5 Å². The number of hydrogen-bond acceptors (Lipinski definition) is 3. The second kappa shape index (κ2) is 6.65. The Balaban J connectivity index is 1.62. The molecule has 0 aromatic heterocycles. The molecule has 4 heteroatoms. The maximum atomic E-state index is 13.4. The van der Waals surface area contributed by atoms with Crippen LogP contribution in [-0.4, -0.2) is 23.9 Å². The van der Waals surface area contributed by atoms with Gasteiger partial charge in [-0.05, 0) is 43.9 Å². The van der Waals surface area contributed by atoms with Gasteiger partial charge < -0.3 is 15.2 Å². The summed E-state index contributed by atoms with van der Waals surface area (Å²) in [6.45, 7) is 3.33. The number of halogens is 1. The largest absolute Gasteiger partial charge is 0.392 e. The summed E-state index contributed by atoms with van der Waals surface area (Å²) < 4.78 is 19.4. The average Bonchev–Trinajstić information content (AvgIpc) is 3.04. The van der Waals surface area contributed by atoms with Gasteiger partial charge in [0.25, 0.3) is 0 Å². The van der Waals surface area contributed by atoms with Gasteiger partial charge in [-0.1, -0.05) is 18.9 Å². The van der Waals surface area contributed by atoms with E-state index in [0.29, 0.717) is 23.1 Å². The Morgan fingerprint density at radius 2 is 2.14 bits per heavy atom. The van der Waals surface area contributed by atoms with E-state index in [2.05, 4.69) is 12.2 Å². The lowest BCUT2D eigenvalue weighted by atomic mass is 9.60. The van der Waals surface area contributed by atoms with Gasteiger partial charge in [-0.2, -0.15) is 0 Å². The first-order chi connectivity index (χ1) is 10.7. The van der Waals surface area contributed by atoms with Gasteiger partial charge in [0.2, 0.25) is 0 Å². The average molecular weight is 307 g/mol. The van der Waals surface area contributed by atoms with Crippen molar-refractivity contribution >= 4 is 0 Å². The molecule has 1 aromatic rings. The maximum Gasteiger partial charge on any atom is 0.128 e. The number of nitrogens with one attached hydrogen (secondary N) is 1. The van der Waals surface area contributed by atoms with E-state index in [4.69, 9.17) is 9.84 Å². The molecule has 2 aliphatic rings. The summed E-state index contributed by atoms with van der Waals surface area (Å²) in [5, 5.41) is 12.8. The van der Waals surface area contributed by atoms with Crippen LogP contribution in [0.5, 0.6) is 0 Å². The Morgan fingerprint density at radius 3 is 2.82 bits per heavy atom. The molecule has 2 atom stereocenters. The second-order valence-electron chi connectivity index (χ2n) is 6.64. The molecule has 2 aliphatic carbocycles. The molecule has 0 aliphatic heterocycles. The van der Waals surface area contributed by atoms with Gasteiger partial charge in [0.15, 0.2) is 0 Å². The minimum atomic E-state index is -0.335.